The third-order valence-corrected chi connectivity index (χ3v) is 4.42. The first kappa shape index (κ1) is 16.1. The summed E-state index contributed by atoms with van der Waals surface area (Å²) in [6.07, 6.45) is 5.37. The minimum atomic E-state index is -0.178. The molecule has 0 fully saturated rings. The molecule has 0 saturated carbocycles. The molecule has 4 aromatic rings. The van der Waals surface area contributed by atoms with E-state index < -0.39 is 0 Å². The van der Waals surface area contributed by atoms with Gasteiger partial charge in [0.05, 0.1) is 29.9 Å². The summed E-state index contributed by atoms with van der Waals surface area (Å²) < 4.78 is 3.75. The van der Waals surface area contributed by atoms with E-state index in [0.717, 1.165) is 16.6 Å². The van der Waals surface area contributed by atoms with Gasteiger partial charge in [-0.1, -0.05) is 30.3 Å². The zero-order valence-electron chi connectivity index (χ0n) is 14.4. The van der Waals surface area contributed by atoms with Gasteiger partial charge in [0.15, 0.2) is 0 Å². The molecule has 6 nitrogen and oxygen atoms in total. The molecule has 1 N–H and O–H groups in total. The SMILES string of the molecule is Cn1cnc2cc(C(=O)N[C@H](Cn3cccn3)c3ccccc3)ccc21. The predicted molar refractivity (Wildman–Crippen MR) is 99.6 cm³/mol. The number of amides is 1. The zero-order chi connectivity index (χ0) is 17.9. The molecule has 130 valence electrons. The average molecular weight is 345 g/mol. The number of nitrogens with one attached hydrogen (secondary N) is 1. The van der Waals surface area contributed by atoms with Gasteiger partial charge in [-0.15, -0.1) is 0 Å². The molecule has 2 aromatic carbocycles. The van der Waals surface area contributed by atoms with Crippen LogP contribution in [0.15, 0.2) is 73.3 Å². The van der Waals surface area contributed by atoms with Crippen LogP contribution in [0.2, 0.25) is 0 Å². The number of rotatable bonds is 5. The van der Waals surface area contributed by atoms with Crippen LogP contribution in [0.5, 0.6) is 0 Å². The van der Waals surface area contributed by atoms with E-state index in [9.17, 15) is 4.79 Å². The smallest absolute Gasteiger partial charge is 0.251 e. The lowest BCUT2D eigenvalue weighted by Crippen LogP contribution is -2.31. The van der Waals surface area contributed by atoms with Gasteiger partial charge in [-0.3, -0.25) is 9.48 Å². The molecule has 0 aliphatic rings. The minimum absolute atomic E-state index is 0.126. The number of fused-ring (bicyclic) bond motifs is 1. The van der Waals surface area contributed by atoms with E-state index in [0.29, 0.717) is 12.1 Å². The molecule has 1 amide bonds. The fraction of sp³-hybridized carbons (Fsp3) is 0.150. The lowest BCUT2D eigenvalue weighted by atomic mass is 10.1. The Hall–Kier alpha value is -3.41. The lowest BCUT2D eigenvalue weighted by molar-refractivity contribution is 0.0932. The molecular formula is C20H19N5O. The van der Waals surface area contributed by atoms with Crippen LogP contribution in [0.25, 0.3) is 11.0 Å². The first-order valence-corrected chi connectivity index (χ1v) is 8.45. The second-order valence-corrected chi connectivity index (χ2v) is 6.22. The number of hydrogen-bond acceptors (Lipinski definition) is 3. The monoisotopic (exact) mass is 345 g/mol. The van der Waals surface area contributed by atoms with Crippen molar-refractivity contribution >= 4 is 16.9 Å². The van der Waals surface area contributed by atoms with Gasteiger partial charge in [0.25, 0.3) is 5.91 Å². The van der Waals surface area contributed by atoms with Gasteiger partial charge in [-0.2, -0.15) is 5.10 Å². The van der Waals surface area contributed by atoms with Gasteiger partial charge in [-0.05, 0) is 29.8 Å². The van der Waals surface area contributed by atoms with Crippen LogP contribution in [-0.4, -0.2) is 25.2 Å². The van der Waals surface area contributed by atoms with Crippen molar-refractivity contribution in [3.8, 4) is 0 Å². The third kappa shape index (κ3) is 3.21. The molecule has 1 atom stereocenters. The van der Waals surface area contributed by atoms with E-state index in [-0.39, 0.29) is 11.9 Å². The summed E-state index contributed by atoms with van der Waals surface area (Å²) in [5, 5.41) is 7.38. The molecule has 2 aromatic heterocycles. The minimum Gasteiger partial charge on any atom is -0.343 e. The van der Waals surface area contributed by atoms with Crippen molar-refractivity contribution in [1.29, 1.82) is 0 Å². The van der Waals surface area contributed by atoms with Crippen LogP contribution < -0.4 is 5.32 Å². The molecule has 0 spiro atoms. The highest BCUT2D eigenvalue weighted by Gasteiger charge is 2.17. The number of carbonyl (C=O) groups excluding carboxylic acids is 1. The van der Waals surface area contributed by atoms with E-state index in [1.54, 1.807) is 12.5 Å². The van der Waals surface area contributed by atoms with Crippen molar-refractivity contribution in [2.45, 2.75) is 12.6 Å². The number of nitrogens with zero attached hydrogens (tertiary/aromatic N) is 4. The molecule has 0 aliphatic heterocycles. The Balaban J connectivity index is 1.60. The van der Waals surface area contributed by atoms with E-state index in [4.69, 9.17) is 0 Å². The fourth-order valence-electron chi connectivity index (χ4n) is 3.03. The second-order valence-electron chi connectivity index (χ2n) is 6.22. The van der Waals surface area contributed by atoms with Crippen molar-refractivity contribution < 1.29 is 4.79 Å². The van der Waals surface area contributed by atoms with E-state index in [1.807, 2.05) is 77.1 Å². The van der Waals surface area contributed by atoms with Crippen LogP contribution in [0, 0.1) is 0 Å². The normalized spacial score (nSPS) is 12.2. The maximum atomic E-state index is 12.8. The van der Waals surface area contributed by atoms with Crippen LogP contribution in [0.1, 0.15) is 22.0 Å². The molecule has 0 saturated heterocycles. The predicted octanol–water partition coefficient (Wildman–Crippen LogP) is 2.94. The summed E-state index contributed by atoms with van der Waals surface area (Å²) in [7, 11) is 1.94. The average Bonchev–Trinajstić information content (AvgIpc) is 3.31. The lowest BCUT2D eigenvalue weighted by Gasteiger charge is -2.19. The van der Waals surface area contributed by atoms with Crippen LogP contribution in [0.3, 0.4) is 0 Å². The highest BCUT2D eigenvalue weighted by atomic mass is 16.1. The Morgan fingerprint density at radius 2 is 2.00 bits per heavy atom. The maximum Gasteiger partial charge on any atom is 0.251 e. The summed E-state index contributed by atoms with van der Waals surface area (Å²) >= 11 is 0. The van der Waals surface area contributed by atoms with Gasteiger partial charge in [0.1, 0.15) is 0 Å². The highest BCUT2D eigenvalue weighted by Crippen LogP contribution is 2.18. The summed E-state index contributed by atoms with van der Waals surface area (Å²) in [4.78, 5) is 17.2. The molecule has 0 unspecified atom stereocenters. The van der Waals surface area contributed by atoms with E-state index in [1.165, 1.54) is 0 Å². The van der Waals surface area contributed by atoms with Crippen molar-refractivity contribution in [3.05, 3.63) is 84.4 Å². The van der Waals surface area contributed by atoms with Crippen molar-refractivity contribution in [3.63, 3.8) is 0 Å². The first-order valence-electron chi connectivity index (χ1n) is 8.45. The summed E-state index contributed by atoms with van der Waals surface area (Å²) in [6.45, 7) is 0.564. The number of benzene rings is 2. The van der Waals surface area contributed by atoms with Crippen LogP contribution >= 0.6 is 0 Å². The Kier molecular flexibility index (Phi) is 4.23. The fourth-order valence-corrected chi connectivity index (χ4v) is 3.03. The van der Waals surface area contributed by atoms with Crippen LogP contribution in [0.4, 0.5) is 0 Å². The molecule has 4 rings (SSSR count). The Bertz CT molecular complexity index is 1020. The number of carbonyl (C=O) groups is 1. The van der Waals surface area contributed by atoms with Gasteiger partial charge in [0, 0.05) is 25.0 Å². The van der Waals surface area contributed by atoms with Gasteiger partial charge in [-0.25, -0.2) is 4.98 Å². The highest BCUT2D eigenvalue weighted by molar-refractivity contribution is 5.97. The molecular weight excluding hydrogens is 326 g/mol. The zero-order valence-corrected chi connectivity index (χ0v) is 14.4. The van der Waals surface area contributed by atoms with Crippen molar-refractivity contribution in [2.75, 3.05) is 0 Å². The molecule has 0 radical (unpaired) electrons. The van der Waals surface area contributed by atoms with E-state index in [2.05, 4.69) is 15.4 Å². The Morgan fingerprint density at radius 3 is 2.77 bits per heavy atom. The molecule has 0 aliphatic carbocycles. The quantitative estimate of drug-likeness (QED) is 0.605. The van der Waals surface area contributed by atoms with Crippen molar-refractivity contribution in [2.24, 2.45) is 7.05 Å². The number of aromatic nitrogens is 4. The topological polar surface area (TPSA) is 64.7 Å². The van der Waals surface area contributed by atoms with Crippen molar-refractivity contribution in [1.82, 2.24) is 24.6 Å². The maximum absolute atomic E-state index is 12.8. The van der Waals surface area contributed by atoms with Gasteiger partial charge in [0.2, 0.25) is 0 Å². The summed E-state index contributed by atoms with van der Waals surface area (Å²) in [5.41, 5.74) is 3.44. The number of imidazole rings is 1. The molecule has 0 bridgehead atoms. The Labute approximate surface area is 151 Å². The third-order valence-electron chi connectivity index (χ3n) is 4.42. The summed E-state index contributed by atoms with van der Waals surface area (Å²) in [6, 6.07) is 17.2. The molecule has 26 heavy (non-hydrogen) atoms. The first-order chi connectivity index (χ1) is 12.7. The summed E-state index contributed by atoms with van der Waals surface area (Å²) in [5.74, 6) is -0.126. The van der Waals surface area contributed by atoms with Gasteiger partial charge < -0.3 is 9.88 Å². The molecule has 6 heteroatoms. The van der Waals surface area contributed by atoms with E-state index >= 15 is 0 Å². The van der Waals surface area contributed by atoms with Gasteiger partial charge >= 0.3 is 0 Å². The number of aryl methyl sites for hydroxylation is 1. The standard InChI is InChI=1S/C20H19N5O/c1-24-14-21-17-12-16(8-9-19(17)24)20(26)23-18(13-25-11-5-10-22-25)15-6-3-2-4-7-15/h2-12,14,18H,13H2,1H3,(H,23,26)/t18-/m1/s1. The number of hydrogen-bond donors (Lipinski definition) is 1. The second kappa shape index (κ2) is 6.84. The largest absolute Gasteiger partial charge is 0.343 e. The van der Waals surface area contributed by atoms with Crippen LogP contribution in [-0.2, 0) is 13.6 Å². The Morgan fingerprint density at radius 1 is 1.15 bits per heavy atom. The molecule has 2 heterocycles.